The van der Waals surface area contributed by atoms with Crippen molar-refractivity contribution >= 4 is 5.91 Å². The monoisotopic (exact) mass is 181 g/mol. The second-order valence-corrected chi connectivity index (χ2v) is 3.40. The number of aromatic nitrogens is 2. The number of imidazole rings is 1. The predicted molar refractivity (Wildman–Crippen MR) is 50.4 cm³/mol. The minimum atomic E-state index is -0.0850. The molecule has 0 aliphatic rings. The van der Waals surface area contributed by atoms with Crippen molar-refractivity contribution in [2.75, 3.05) is 6.54 Å². The largest absolute Gasteiger partial charge is 0.351 e. The zero-order valence-corrected chi connectivity index (χ0v) is 8.00. The van der Waals surface area contributed by atoms with Crippen LogP contribution in [0, 0.1) is 5.92 Å². The summed E-state index contributed by atoms with van der Waals surface area (Å²) in [5, 5.41) is 2.81. The van der Waals surface area contributed by atoms with Crippen LogP contribution in [0.3, 0.4) is 0 Å². The van der Waals surface area contributed by atoms with Gasteiger partial charge in [0.15, 0.2) is 0 Å². The van der Waals surface area contributed by atoms with Crippen LogP contribution in [0.5, 0.6) is 0 Å². The number of nitrogens with zero attached hydrogens (tertiary/aromatic N) is 1. The van der Waals surface area contributed by atoms with Gasteiger partial charge in [0.1, 0.15) is 5.69 Å². The quantitative estimate of drug-likeness (QED) is 0.733. The summed E-state index contributed by atoms with van der Waals surface area (Å²) in [5.74, 6) is 0.528. The highest BCUT2D eigenvalue weighted by Gasteiger charge is 2.05. The van der Waals surface area contributed by atoms with Crippen LogP contribution in [0.4, 0.5) is 0 Å². The highest BCUT2D eigenvalue weighted by atomic mass is 16.1. The lowest BCUT2D eigenvalue weighted by Gasteiger charge is -2.05. The van der Waals surface area contributed by atoms with E-state index in [9.17, 15) is 4.79 Å². The standard InChI is InChI=1S/C9H15N3O/c1-7(2)3-4-11-9(13)8-5-10-6-12-8/h5-7H,3-4H2,1-2H3,(H,10,12)(H,11,13). The summed E-state index contributed by atoms with van der Waals surface area (Å²) >= 11 is 0. The number of carbonyl (C=O) groups excluding carboxylic acids is 1. The molecule has 0 radical (unpaired) electrons. The topological polar surface area (TPSA) is 57.8 Å². The molecule has 0 spiro atoms. The highest BCUT2D eigenvalue weighted by Crippen LogP contribution is 1.97. The number of H-pyrrole nitrogens is 1. The van der Waals surface area contributed by atoms with Gasteiger partial charge in [0, 0.05) is 6.54 Å². The first-order valence-corrected chi connectivity index (χ1v) is 4.46. The molecular weight excluding hydrogens is 166 g/mol. The fourth-order valence-electron chi connectivity index (χ4n) is 0.950. The lowest BCUT2D eigenvalue weighted by atomic mass is 10.1. The van der Waals surface area contributed by atoms with Gasteiger partial charge in [0.25, 0.3) is 5.91 Å². The number of aromatic amines is 1. The fourth-order valence-corrected chi connectivity index (χ4v) is 0.950. The van der Waals surface area contributed by atoms with E-state index in [1.165, 1.54) is 12.5 Å². The molecule has 2 N–H and O–H groups in total. The zero-order chi connectivity index (χ0) is 9.68. The van der Waals surface area contributed by atoms with Gasteiger partial charge in [0.05, 0.1) is 12.5 Å². The molecular formula is C9H15N3O. The summed E-state index contributed by atoms with van der Waals surface area (Å²) in [7, 11) is 0. The maximum absolute atomic E-state index is 11.3. The summed E-state index contributed by atoms with van der Waals surface area (Å²) in [6.07, 6.45) is 4.02. The molecule has 0 fully saturated rings. The van der Waals surface area contributed by atoms with E-state index in [-0.39, 0.29) is 5.91 Å². The molecule has 4 heteroatoms. The van der Waals surface area contributed by atoms with Gasteiger partial charge in [-0.05, 0) is 12.3 Å². The molecule has 1 amide bonds. The maximum atomic E-state index is 11.3. The van der Waals surface area contributed by atoms with Crippen LogP contribution in [0.2, 0.25) is 0 Å². The van der Waals surface area contributed by atoms with Crippen molar-refractivity contribution in [3.8, 4) is 0 Å². The zero-order valence-electron chi connectivity index (χ0n) is 8.00. The Labute approximate surface area is 77.8 Å². The highest BCUT2D eigenvalue weighted by molar-refractivity contribution is 5.91. The average molecular weight is 181 g/mol. The average Bonchev–Trinajstić information content (AvgIpc) is 2.55. The van der Waals surface area contributed by atoms with Gasteiger partial charge in [-0.1, -0.05) is 13.8 Å². The van der Waals surface area contributed by atoms with Crippen LogP contribution in [0.25, 0.3) is 0 Å². The molecule has 1 aromatic heterocycles. The smallest absolute Gasteiger partial charge is 0.269 e. The van der Waals surface area contributed by atoms with Gasteiger partial charge in [-0.25, -0.2) is 4.98 Å². The van der Waals surface area contributed by atoms with Crippen LogP contribution >= 0.6 is 0 Å². The third kappa shape index (κ3) is 3.27. The Kier molecular flexibility index (Phi) is 3.49. The van der Waals surface area contributed by atoms with Gasteiger partial charge in [-0.15, -0.1) is 0 Å². The van der Waals surface area contributed by atoms with Crippen molar-refractivity contribution < 1.29 is 4.79 Å². The first kappa shape index (κ1) is 9.77. The van der Waals surface area contributed by atoms with Crippen LogP contribution in [0.1, 0.15) is 30.8 Å². The van der Waals surface area contributed by atoms with Gasteiger partial charge in [-0.3, -0.25) is 4.79 Å². The first-order chi connectivity index (χ1) is 6.20. The molecule has 0 aliphatic carbocycles. The van der Waals surface area contributed by atoms with Crippen molar-refractivity contribution in [1.82, 2.24) is 15.3 Å². The van der Waals surface area contributed by atoms with Crippen LogP contribution < -0.4 is 5.32 Å². The molecule has 0 aliphatic heterocycles. The van der Waals surface area contributed by atoms with E-state index in [0.717, 1.165) is 13.0 Å². The molecule has 1 aromatic rings. The molecule has 4 nitrogen and oxygen atoms in total. The van der Waals surface area contributed by atoms with Gasteiger partial charge in [-0.2, -0.15) is 0 Å². The summed E-state index contributed by atoms with van der Waals surface area (Å²) < 4.78 is 0. The van der Waals surface area contributed by atoms with Crippen molar-refractivity contribution in [2.45, 2.75) is 20.3 Å². The van der Waals surface area contributed by atoms with E-state index in [4.69, 9.17) is 0 Å². The molecule has 0 saturated carbocycles. The Bertz CT molecular complexity index is 254. The molecule has 72 valence electrons. The summed E-state index contributed by atoms with van der Waals surface area (Å²) in [6, 6.07) is 0. The second kappa shape index (κ2) is 4.64. The Hall–Kier alpha value is -1.32. The molecule has 1 heterocycles. The lowest BCUT2D eigenvalue weighted by molar-refractivity contribution is 0.0947. The van der Waals surface area contributed by atoms with Gasteiger partial charge in [0.2, 0.25) is 0 Å². The Morgan fingerprint density at radius 2 is 2.46 bits per heavy atom. The van der Waals surface area contributed by atoms with Crippen LogP contribution in [-0.2, 0) is 0 Å². The van der Waals surface area contributed by atoms with E-state index in [0.29, 0.717) is 11.6 Å². The SMILES string of the molecule is CC(C)CCNC(=O)c1cnc[nH]1. The Balaban J connectivity index is 2.27. The number of carbonyl (C=O) groups is 1. The molecule has 13 heavy (non-hydrogen) atoms. The summed E-state index contributed by atoms with van der Waals surface area (Å²) in [6.45, 7) is 4.97. The van der Waals surface area contributed by atoms with E-state index < -0.39 is 0 Å². The maximum Gasteiger partial charge on any atom is 0.269 e. The van der Waals surface area contributed by atoms with E-state index in [2.05, 4.69) is 29.1 Å². The first-order valence-electron chi connectivity index (χ1n) is 4.46. The number of amides is 1. The number of rotatable bonds is 4. The normalized spacial score (nSPS) is 10.4. The van der Waals surface area contributed by atoms with E-state index in [1.807, 2.05) is 0 Å². The van der Waals surface area contributed by atoms with Crippen molar-refractivity contribution in [2.24, 2.45) is 5.92 Å². The summed E-state index contributed by atoms with van der Waals surface area (Å²) in [5.41, 5.74) is 0.517. The minimum absolute atomic E-state index is 0.0850. The molecule has 0 atom stereocenters. The molecule has 0 aromatic carbocycles. The fraction of sp³-hybridized carbons (Fsp3) is 0.556. The number of hydrogen-bond acceptors (Lipinski definition) is 2. The van der Waals surface area contributed by atoms with Crippen LogP contribution in [0.15, 0.2) is 12.5 Å². The third-order valence-electron chi connectivity index (χ3n) is 1.75. The Morgan fingerprint density at radius 1 is 1.69 bits per heavy atom. The predicted octanol–water partition coefficient (Wildman–Crippen LogP) is 1.19. The van der Waals surface area contributed by atoms with Gasteiger partial charge >= 0.3 is 0 Å². The summed E-state index contributed by atoms with van der Waals surface area (Å²) in [4.78, 5) is 17.8. The van der Waals surface area contributed by atoms with Crippen molar-refractivity contribution in [3.63, 3.8) is 0 Å². The Morgan fingerprint density at radius 3 is 3.00 bits per heavy atom. The van der Waals surface area contributed by atoms with Crippen LogP contribution in [-0.4, -0.2) is 22.4 Å². The molecule has 0 saturated heterocycles. The molecule has 1 rings (SSSR count). The van der Waals surface area contributed by atoms with Crippen molar-refractivity contribution in [1.29, 1.82) is 0 Å². The molecule has 0 unspecified atom stereocenters. The van der Waals surface area contributed by atoms with E-state index in [1.54, 1.807) is 0 Å². The van der Waals surface area contributed by atoms with E-state index >= 15 is 0 Å². The number of nitrogens with one attached hydrogen (secondary N) is 2. The van der Waals surface area contributed by atoms with Gasteiger partial charge < -0.3 is 10.3 Å². The lowest BCUT2D eigenvalue weighted by Crippen LogP contribution is -2.25. The second-order valence-electron chi connectivity index (χ2n) is 3.40. The number of hydrogen-bond donors (Lipinski definition) is 2. The third-order valence-corrected chi connectivity index (χ3v) is 1.75. The van der Waals surface area contributed by atoms with Crippen molar-refractivity contribution in [3.05, 3.63) is 18.2 Å². The molecule has 0 bridgehead atoms. The minimum Gasteiger partial charge on any atom is -0.351 e.